The smallest absolute Gasteiger partial charge is 0.244 e. The molecule has 3 aromatic carbocycles. The molecule has 196 valence electrons. The number of phenolic OH excluding ortho intramolecular Hbond substituents is 1. The quantitative estimate of drug-likeness (QED) is 0.422. The van der Waals surface area contributed by atoms with Gasteiger partial charge in [0, 0.05) is 28.9 Å². The van der Waals surface area contributed by atoms with Gasteiger partial charge in [0.15, 0.2) is 0 Å². The molecule has 5 heteroatoms. The van der Waals surface area contributed by atoms with E-state index in [2.05, 4.69) is 63.9 Å². The summed E-state index contributed by atoms with van der Waals surface area (Å²) < 4.78 is 6.37. The number of amides is 1. The molecule has 0 aliphatic carbocycles. The molecular weight excluding hydrogens is 460 g/mol. The van der Waals surface area contributed by atoms with E-state index in [1.807, 2.05) is 56.6 Å². The number of rotatable bonds is 6. The molecule has 1 unspecified atom stereocenters. The van der Waals surface area contributed by atoms with Gasteiger partial charge in [0.1, 0.15) is 23.5 Å². The van der Waals surface area contributed by atoms with Crippen LogP contribution in [0, 0.1) is 0 Å². The SMILES string of the molecule is CN(C)CCOc1ccc(C(C)(C)C)cc1C1(c2cc(C(C)(C)C)ccc2O)C(=O)Nc2ccccc21. The van der Waals surface area contributed by atoms with Crippen molar-refractivity contribution in [2.75, 3.05) is 32.6 Å². The van der Waals surface area contributed by atoms with E-state index in [1.54, 1.807) is 6.07 Å². The Bertz CT molecular complexity index is 1310. The molecule has 0 saturated carbocycles. The van der Waals surface area contributed by atoms with Gasteiger partial charge in [-0.15, -0.1) is 0 Å². The minimum absolute atomic E-state index is 0.0836. The molecule has 1 amide bonds. The number of hydrogen-bond acceptors (Lipinski definition) is 4. The number of ether oxygens (including phenoxy) is 1. The second kappa shape index (κ2) is 9.53. The molecule has 1 heterocycles. The number of likely N-dealkylation sites (N-methyl/N-ethyl adjacent to an activating group) is 1. The summed E-state index contributed by atoms with van der Waals surface area (Å²) in [6.45, 7) is 14.1. The van der Waals surface area contributed by atoms with Gasteiger partial charge in [-0.2, -0.15) is 0 Å². The first kappa shape index (κ1) is 26.7. The second-order valence-corrected chi connectivity index (χ2v) is 12.3. The Morgan fingerprint density at radius 2 is 1.43 bits per heavy atom. The molecule has 0 fully saturated rings. The maximum absolute atomic E-state index is 14.3. The van der Waals surface area contributed by atoms with E-state index in [9.17, 15) is 9.90 Å². The van der Waals surface area contributed by atoms with Crippen molar-refractivity contribution >= 4 is 11.6 Å². The predicted octanol–water partition coefficient (Wildman–Crippen LogP) is 6.21. The van der Waals surface area contributed by atoms with Crippen LogP contribution >= 0.6 is 0 Å². The highest BCUT2D eigenvalue weighted by molar-refractivity contribution is 6.12. The van der Waals surface area contributed by atoms with Gasteiger partial charge in [-0.05, 0) is 66.4 Å². The maximum atomic E-state index is 14.3. The average Bonchev–Trinajstić information content (AvgIpc) is 3.10. The van der Waals surface area contributed by atoms with Crippen LogP contribution in [0.4, 0.5) is 5.69 Å². The van der Waals surface area contributed by atoms with E-state index in [0.717, 1.165) is 34.5 Å². The van der Waals surface area contributed by atoms with Crippen LogP contribution in [0.2, 0.25) is 0 Å². The average molecular weight is 501 g/mol. The monoisotopic (exact) mass is 500 g/mol. The number of carbonyl (C=O) groups excluding carboxylic acids is 1. The summed E-state index contributed by atoms with van der Waals surface area (Å²) in [4.78, 5) is 16.3. The van der Waals surface area contributed by atoms with E-state index in [1.165, 1.54) is 0 Å². The zero-order valence-electron chi connectivity index (χ0n) is 23.4. The molecule has 0 spiro atoms. The third kappa shape index (κ3) is 4.85. The molecule has 0 aromatic heterocycles. The number of benzene rings is 3. The molecular formula is C32H40N2O3. The molecule has 4 rings (SSSR count). The number of phenols is 1. The lowest BCUT2D eigenvalue weighted by Gasteiger charge is -2.34. The molecule has 1 aliphatic heterocycles. The van der Waals surface area contributed by atoms with Gasteiger partial charge < -0.3 is 20.1 Å². The Morgan fingerprint density at radius 3 is 2.05 bits per heavy atom. The first-order chi connectivity index (χ1) is 17.3. The molecule has 0 saturated heterocycles. The fraction of sp³-hybridized carbons (Fsp3) is 0.406. The van der Waals surface area contributed by atoms with Gasteiger partial charge in [0.2, 0.25) is 5.91 Å². The third-order valence-electron chi connectivity index (χ3n) is 7.23. The van der Waals surface area contributed by atoms with Gasteiger partial charge in [-0.1, -0.05) is 71.9 Å². The minimum Gasteiger partial charge on any atom is -0.508 e. The van der Waals surface area contributed by atoms with Crippen LogP contribution in [0.3, 0.4) is 0 Å². The van der Waals surface area contributed by atoms with Gasteiger partial charge in [-0.3, -0.25) is 4.79 Å². The lowest BCUT2D eigenvalue weighted by molar-refractivity contribution is -0.118. The zero-order chi connectivity index (χ0) is 27.2. The summed E-state index contributed by atoms with van der Waals surface area (Å²) in [5.41, 5.74) is 3.38. The van der Waals surface area contributed by atoms with E-state index >= 15 is 0 Å². The largest absolute Gasteiger partial charge is 0.508 e. The standard InChI is InChI=1S/C32H40N2O3/c1-30(2,3)21-13-15-27(35)24(19-21)32(23-11-9-10-12-26(23)33-29(32)36)25-20-22(31(4,5)6)14-16-28(25)37-18-17-34(7)8/h9-16,19-20,35H,17-18H2,1-8H3,(H,33,36). The van der Waals surface area contributed by atoms with Crippen LogP contribution < -0.4 is 10.1 Å². The third-order valence-corrected chi connectivity index (χ3v) is 7.23. The fourth-order valence-electron chi connectivity index (χ4n) is 4.99. The molecule has 0 bridgehead atoms. The number of hydrogen-bond donors (Lipinski definition) is 2. The Hall–Kier alpha value is -3.31. The number of carbonyl (C=O) groups is 1. The predicted molar refractivity (Wildman–Crippen MR) is 151 cm³/mol. The van der Waals surface area contributed by atoms with Crippen molar-refractivity contribution in [1.82, 2.24) is 4.90 Å². The first-order valence-corrected chi connectivity index (χ1v) is 12.9. The van der Waals surface area contributed by atoms with Crippen molar-refractivity contribution in [1.29, 1.82) is 0 Å². The van der Waals surface area contributed by atoms with Gasteiger partial charge >= 0.3 is 0 Å². The topological polar surface area (TPSA) is 61.8 Å². The fourth-order valence-corrected chi connectivity index (χ4v) is 4.99. The lowest BCUT2D eigenvalue weighted by Crippen LogP contribution is -2.38. The second-order valence-electron chi connectivity index (χ2n) is 12.3. The highest BCUT2D eigenvalue weighted by atomic mass is 16.5. The highest BCUT2D eigenvalue weighted by Gasteiger charge is 2.53. The summed E-state index contributed by atoms with van der Waals surface area (Å²) >= 11 is 0. The zero-order valence-corrected chi connectivity index (χ0v) is 23.4. The normalized spacial score (nSPS) is 17.6. The lowest BCUT2D eigenvalue weighted by atomic mass is 9.67. The van der Waals surface area contributed by atoms with Crippen molar-refractivity contribution in [3.8, 4) is 11.5 Å². The van der Waals surface area contributed by atoms with Crippen LogP contribution in [0.15, 0.2) is 60.7 Å². The summed E-state index contributed by atoms with van der Waals surface area (Å²) in [5.74, 6) is 0.529. The summed E-state index contributed by atoms with van der Waals surface area (Å²) in [6, 6.07) is 19.5. The van der Waals surface area contributed by atoms with Crippen molar-refractivity contribution in [3.63, 3.8) is 0 Å². The van der Waals surface area contributed by atoms with E-state index in [4.69, 9.17) is 4.74 Å². The van der Waals surface area contributed by atoms with Crippen molar-refractivity contribution in [2.24, 2.45) is 0 Å². The number of nitrogens with zero attached hydrogens (tertiary/aromatic N) is 1. The Labute approximate surface area is 221 Å². The van der Waals surface area contributed by atoms with E-state index in [0.29, 0.717) is 17.9 Å². The molecule has 0 radical (unpaired) electrons. The number of para-hydroxylation sites is 1. The van der Waals surface area contributed by atoms with Gasteiger partial charge in [-0.25, -0.2) is 0 Å². The van der Waals surface area contributed by atoms with Crippen molar-refractivity contribution in [3.05, 3.63) is 88.5 Å². The number of aromatic hydroxyl groups is 1. The summed E-state index contributed by atoms with van der Waals surface area (Å²) in [6.07, 6.45) is 0. The van der Waals surface area contributed by atoms with Gasteiger partial charge in [0.25, 0.3) is 0 Å². The molecule has 2 N–H and O–H groups in total. The van der Waals surface area contributed by atoms with Gasteiger partial charge in [0.05, 0.1) is 0 Å². The maximum Gasteiger partial charge on any atom is 0.244 e. The molecule has 1 aliphatic rings. The molecule has 5 nitrogen and oxygen atoms in total. The number of nitrogens with one attached hydrogen (secondary N) is 1. The van der Waals surface area contributed by atoms with Crippen LogP contribution in [-0.4, -0.2) is 43.2 Å². The molecule has 37 heavy (non-hydrogen) atoms. The number of fused-ring (bicyclic) bond motifs is 1. The van der Waals surface area contributed by atoms with Crippen molar-refractivity contribution < 1.29 is 14.6 Å². The van der Waals surface area contributed by atoms with Crippen LogP contribution in [0.1, 0.15) is 69.4 Å². The van der Waals surface area contributed by atoms with Crippen LogP contribution in [0.5, 0.6) is 11.5 Å². The Kier molecular flexibility index (Phi) is 6.89. The highest BCUT2D eigenvalue weighted by Crippen LogP contribution is 2.53. The van der Waals surface area contributed by atoms with Crippen LogP contribution in [0.25, 0.3) is 0 Å². The summed E-state index contributed by atoms with van der Waals surface area (Å²) in [7, 11) is 4.01. The summed E-state index contributed by atoms with van der Waals surface area (Å²) in [5, 5.41) is 14.5. The molecule has 3 aromatic rings. The van der Waals surface area contributed by atoms with E-state index in [-0.39, 0.29) is 22.5 Å². The Balaban J connectivity index is 2.10. The minimum atomic E-state index is -1.28. The first-order valence-electron chi connectivity index (χ1n) is 12.9. The van der Waals surface area contributed by atoms with Crippen LogP contribution in [-0.2, 0) is 21.0 Å². The van der Waals surface area contributed by atoms with Crippen molar-refractivity contribution in [2.45, 2.75) is 57.8 Å². The Morgan fingerprint density at radius 1 is 0.838 bits per heavy atom. The molecule has 1 atom stereocenters. The van der Waals surface area contributed by atoms with E-state index < -0.39 is 5.41 Å². The number of anilines is 1.